The summed E-state index contributed by atoms with van der Waals surface area (Å²) < 4.78 is 7.28. The number of carbonyl (C=O) groups excluding carboxylic acids is 2. The average molecular weight is 434 g/mol. The molecule has 1 aromatic heterocycles. The van der Waals surface area contributed by atoms with E-state index < -0.39 is 0 Å². The van der Waals surface area contributed by atoms with Crippen LogP contribution in [0.15, 0.2) is 67.0 Å². The maximum Gasteiger partial charge on any atom is 0.315 e. The molecule has 1 saturated carbocycles. The van der Waals surface area contributed by atoms with Crippen molar-refractivity contribution in [2.24, 2.45) is 0 Å². The molecule has 4 rings (SSSR count). The Morgan fingerprint density at radius 2 is 1.88 bits per heavy atom. The molecule has 2 aromatic carbocycles. The summed E-state index contributed by atoms with van der Waals surface area (Å²) in [7, 11) is 0. The first kappa shape index (κ1) is 21.4. The second kappa shape index (κ2) is 10.5. The smallest absolute Gasteiger partial charge is 0.315 e. The molecule has 166 valence electrons. The van der Waals surface area contributed by atoms with Crippen LogP contribution in [-0.4, -0.2) is 40.9 Å². The molecule has 8 nitrogen and oxygen atoms in total. The van der Waals surface area contributed by atoms with Gasteiger partial charge in [-0.05, 0) is 60.7 Å². The Morgan fingerprint density at radius 1 is 1.03 bits per heavy atom. The molecule has 0 bridgehead atoms. The van der Waals surface area contributed by atoms with E-state index in [1.165, 1.54) is 0 Å². The molecule has 0 saturated heterocycles. The highest BCUT2D eigenvalue weighted by Crippen LogP contribution is 2.18. The Bertz CT molecular complexity index is 1030. The second-order valence-corrected chi connectivity index (χ2v) is 7.75. The summed E-state index contributed by atoms with van der Waals surface area (Å²) in [6.07, 6.45) is 6.43. The van der Waals surface area contributed by atoms with Gasteiger partial charge in [-0.25, -0.2) is 9.48 Å². The van der Waals surface area contributed by atoms with E-state index in [0.717, 1.165) is 29.7 Å². The number of nitrogens with one attached hydrogen (secondary N) is 3. The second-order valence-electron chi connectivity index (χ2n) is 7.75. The predicted molar refractivity (Wildman–Crippen MR) is 121 cm³/mol. The number of aromatic nitrogens is 2. The van der Waals surface area contributed by atoms with E-state index in [1.54, 1.807) is 10.9 Å². The minimum atomic E-state index is -0.212. The highest BCUT2D eigenvalue weighted by Gasteiger charge is 2.23. The summed E-state index contributed by atoms with van der Waals surface area (Å²) in [6.45, 7) is 0.979. The number of amides is 3. The first-order valence-electron chi connectivity index (χ1n) is 10.8. The first-order chi connectivity index (χ1) is 15.7. The van der Waals surface area contributed by atoms with Gasteiger partial charge in [0.2, 0.25) is 0 Å². The van der Waals surface area contributed by atoms with Gasteiger partial charge in [0.05, 0.1) is 5.69 Å². The number of rotatable bonds is 10. The van der Waals surface area contributed by atoms with Crippen LogP contribution in [0, 0.1) is 0 Å². The van der Waals surface area contributed by atoms with Crippen molar-refractivity contribution < 1.29 is 14.3 Å². The Morgan fingerprint density at radius 3 is 2.62 bits per heavy atom. The number of nitrogens with zero attached hydrogens (tertiary/aromatic N) is 2. The maximum absolute atomic E-state index is 12.1. The van der Waals surface area contributed by atoms with E-state index in [2.05, 4.69) is 21.0 Å². The fourth-order valence-electron chi connectivity index (χ4n) is 3.19. The number of urea groups is 1. The summed E-state index contributed by atoms with van der Waals surface area (Å²) in [5.41, 5.74) is 3.02. The minimum Gasteiger partial charge on any atom is -0.484 e. The quantitative estimate of drug-likeness (QED) is 0.458. The largest absolute Gasteiger partial charge is 0.484 e. The molecule has 0 radical (unpaired) electrons. The van der Waals surface area contributed by atoms with Gasteiger partial charge in [0.1, 0.15) is 5.75 Å². The van der Waals surface area contributed by atoms with Crippen LogP contribution >= 0.6 is 0 Å². The Balaban J connectivity index is 1.14. The summed E-state index contributed by atoms with van der Waals surface area (Å²) in [4.78, 5) is 23.8. The van der Waals surface area contributed by atoms with Crippen LogP contribution in [-0.2, 0) is 17.8 Å². The number of carbonyl (C=O) groups is 2. The van der Waals surface area contributed by atoms with Gasteiger partial charge in [-0.3, -0.25) is 4.79 Å². The summed E-state index contributed by atoms with van der Waals surface area (Å²) in [6, 6.07) is 17.4. The molecule has 0 spiro atoms. The highest BCUT2D eigenvalue weighted by molar-refractivity contribution is 5.78. The van der Waals surface area contributed by atoms with Crippen molar-refractivity contribution in [3.8, 4) is 11.4 Å². The van der Waals surface area contributed by atoms with Crippen molar-refractivity contribution in [3.63, 3.8) is 0 Å². The Hall–Kier alpha value is -3.81. The van der Waals surface area contributed by atoms with Crippen LogP contribution in [0.1, 0.15) is 24.0 Å². The van der Waals surface area contributed by atoms with Gasteiger partial charge in [-0.2, -0.15) is 5.10 Å². The fraction of sp³-hybridized carbons (Fsp3) is 0.292. The van der Waals surface area contributed by atoms with Gasteiger partial charge in [0.25, 0.3) is 5.91 Å². The van der Waals surface area contributed by atoms with E-state index in [0.29, 0.717) is 31.3 Å². The lowest BCUT2D eigenvalue weighted by atomic mass is 10.1. The maximum atomic E-state index is 12.1. The van der Waals surface area contributed by atoms with Gasteiger partial charge in [-0.1, -0.05) is 24.3 Å². The molecule has 0 unspecified atom stereocenters. The third-order valence-corrected chi connectivity index (χ3v) is 5.07. The molecular formula is C24H27N5O3. The Kier molecular flexibility index (Phi) is 7.01. The molecule has 1 aliphatic rings. The molecule has 1 heterocycles. The molecule has 8 heteroatoms. The third kappa shape index (κ3) is 6.60. The average Bonchev–Trinajstić information content (AvgIpc) is 3.45. The van der Waals surface area contributed by atoms with E-state index in [4.69, 9.17) is 4.74 Å². The lowest BCUT2D eigenvalue weighted by molar-refractivity contribution is -0.123. The first-order valence-corrected chi connectivity index (χ1v) is 10.8. The molecule has 1 aliphatic carbocycles. The SMILES string of the molecule is O=C(COc1ccc(CCNC(=O)NCc2cccc(-n3cccn3)c2)cc1)NC1CC1. The third-order valence-electron chi connectivity index (χ3n) is 5.07. The van der Waals surface area contributed by atoms with Gasteiger partial charge in [0, 0.05) is 31.5 Å². The van der Waals surface area contributed by atoms with E-state index in [9.17, 15) is 9.59 Å². The van der Waals surface area contributed by atoms with Crippen LogP contribution in [0.25, 0.3) is 5.69 Å². The number of benzene rings is 2. The van der Waals surface area contributed by atoms with Crippen LogP contribution in [0.5, 0.6) is 5.75 Å². The zero-order chi connectivity index (χ0) is 22.2. The number of hydrogen-bond donors (Lipinski definition) is 3. The topological polar surface area (TPSA) is 97.3 Å². The van der Waals surface area contributed by atoms with E-state index in [1.807, 2.05) is 60.8 Å². The number of ether oxygens (including phenoxy) is 1. The van der Waals surface area contributed by atoms with Gasteiger partial charge in [0.15, 0.2) is 6.61 Å². The van der Waals surface area contributed by atoms with E-state index >= 15 is 0 Å². The minimum absolute atomic E-state index is 0.0302. The van der Waals surface area contributed by atoms with Crippen molar-refractivity contribution in [2.45, 2.75) is 31.8 Å². The Labute approximate surface area is 187 Å². The van der Waals surface area contributed by atoms with Crippen molar-refractivity contribution in [3.05, 3.63) is 78.1 Å². The van der Waals surface area contributed by atoms with Crippen LogP contribution in [0.2, 0.25) is 0 Å². The summed E-state index contributed by atoms with van der Waals surface area (Å²) in [5, 5.41) is 12.9. The van der Waals surface area contributed by atoms with Crippen molar-refractivity contribution in [1.82, 2.24) is 25.7 Å². The normalized spacial score (nSPS) is 12.8. The fourth-order valence-corrected chi connectivity index (χ4v) is 3.19. The highest BCUT2D eigenvalue weighted by atomic mass is 16.5. The zero-order valence-corrected chi connectivity index (χ0v) is 17.8. The molecular weight excluding hydrogens is 406 g/mol. The molecule has 32 heavy (non-hydrogen) atoms. The van der Waals surface area contributed by atoms with Crippen molar-refractivity contribution in [1.29, 1.82) is 0 Å². The summed E-state index contributed by atoms with van der Waals surface area (Å²) in [5.74, 6) is 0.572. The van der Waals surface area contributed by atoms with Crippen LogP contribution < -0.4 is 20.7 Å². The number of hydrogen-bond acceptors (Lipinski definition) is 4. The monoisotopic (exact) mass is 433 g/mol. The molecule has 0 atom stereocenters. The van der Waals surface area contributed by atoms with Gasteiger partial charge >= 0.3 is 6.03 Å². The molecule has 3 aromatic rings. The van der Waals surface area contributed by atoms with Crippen molar-refractivity contribution in [2.75, 3.05) is 13.2 Å². The van der Waals surface area contributed by atoms with Crippen molar-refractivity contribution >= 4 is 11.9 Å². The molecule has 3 N–H and O–H groups in total. The standard InChI is InChI=1S/C24H27N5O3/c30-23(28-20-7-8-20)17-32-22-9-5-18(6-10-22)11-13-25-24(31)26-16-19-3-1-4-21(15-19)29-14-2-12-27-29/h1-6,9-10,12,14-15,20H,7-8,11,13,16-17H2,(H,28,30)(H2,25,26,31). The molecule has 3 amide bonds. The lowest BCUT2D eigenvalue weighted by Crippen LogP contribution is -2.36. The molecule has 0 aliphatic heterocycles. The molecule has 1 fully saturated rings. The summed E-state index contributed by atoms with van der Waals surface area (Å²) >= 11 is 0. The van der Waals surface area contributed by atoms with Gasteiger partial charge in [-0.15, -0.1) is 0 Å². The van der Waals surface area contributed by atoms with Gasteiger partial charge < -0.3 is 20.7 Å². The van der Waals surface area contributed by atoms with Crippen LogP contribution in [0.3, 0.4) is 0 Å². The predicted octanol–water partition coefficient (Wildman–Crippen LogP) is 2.57. The lowest BCUT2D eigenvalue weighted by Gasteiger charge is -2.10. The van der Waals surface area contributed by atoms with E-state index in [-0.39, 0.29) is 18.5 Å². The zero-order valence-electron chi connectivity index (χ0n) is 17.8. The van der Waals surface area contributed by atoms with Crippen LogP contribution in [0.4, 0.5) is 4.79 Å².